The van der Waals surface area contributed by atoms with Gasteiger partial charge in [0.15, 0.2) is 0 Å². The van der Waals surface area contributed by atoms with Gasteiger partial charge in [0.1, 0.15) is 5.54 Å². The van der Waals surface area contributed by atoms with Crippen molar-refractivity contribution in [3.05, 3.63) is 0 Å². The summed E-state index contributed by atoms with van der Waals surface area (Å²) in [6.07, 6.45) is 3.69. The first-order valence-corrected chi connectivity index (χ1v) is 8.09. The molecular formula is C16H28N2O3. The van der Waals surface area contributed by atoms with Crippen LogP contribution in [0.15, 0.2) is 0 Å². The Balaban J connectivity index is 2.02. The van der Waals surface area contributed by atoms with Gasteiger partial charge in [0, 0.05) is 13.1 Å². The monoisotopic (exact) mass is 296 g/mol. The predicted octanol–water partition coefficient (Wildman–Crippen LogP) is 1.82. The topological polar surface area (TPSA) is 60.9 Å². The molecule has 5 heteroatoms. The van der Waals surface area contributed by atoms with Crippen LogP contribution in [-0.2, 0) is 9.59 Å². The lowest BCUT2D eigenvalue weighted by Gasteiger charge is -2.43. The van der Waals surface area contributed by atoms with Gasteiger partial charge in [-0.2, -0.15) is 0 Å². The Morgan fingerprint density at radius 1 is 1.19 bits per heavy atom. The van der Waals surface area contributed by atoms with Crippen LogP contribution in [0.4, 0.5) is 0 Å². The number of amides is 1. The molecule has 2 fully saturated rings. The van der Waals surface area contributed by atoms with Gasteiger partial charge in [-0.25, -0.2) is 0 Å². The summed E-state index contributed by atoms with van der Waals surface area (Å²) in [5, 5.41) is 9.51. The minimum Gasteiger partial charge on any atom is -0.480 e. The zero-order valence-corrected chi connectivity index (χ0v) is 13.5. The first-order valence-electron chi connectivity index (χ1n) is 8.09. The maximum Gasteiger partial charge on any atom is 0.323 e. The molecule has 1 N–H and O–H groups in total. The van der Waals surface area contributed by atoms with Gasteiger partial charge in [-0.3, -0.25) is 14.5 Å². The summed E-state index contributed by atoms with van der Waals surface area (Å²) in [7, 11) is 0. The van der Waals surface area contributed by atoms with Gasteiger partial charge in [-0.1, -0.05) is 13.8 Å². The summed E-state index contributed by atoms with van der Waals surface area (Å²) in [6, 6.07) is 0. The van der Waals surface area contributed by atoms with E-state index in [9.17, 15) is 14.7 Å². The molecular weight excluding hydrogens is 268 g/mol. The molecule has 3 unspecified atom stereocenters. The van der Waals surface area contributed by atoms with Crippen molar-refractivity contribution in [2.45, 2.75) is 52.0 Å². The number of carbonyl (C=O) groups is 2. The highest BCUT2D eigenvalue weighted by molar-refractivity contribution is 5.82. The third-order valence-electron chi connectivity index (χ3n) is 5.05. The summed E-state index contributed by atoms with van der Waals surface area (Å²) in [4.78, 5) is 27.9. The van der Waals surface area contributed by atoms with Gasteiger partial charge < -0.3 is 10.0 Å². The number of piperidine rings is 2. The Bertz CT molecular complexity index is 402. The minimum atomic E-state index is -0.888. The van der Waals surface area contributed by atoms with Crippen molar-refractivity contribution < 1.29 is 14.7 Å². The first kappa shape index (κ1) is 16.3. The number of aliphatic carboxylic acids is 1. The van der Waals surface area contributed by atoms with E-state index in [1.54, 1.807) is 6.92 Å². The molecule has 2 rings (SSSR count). The van der Waals surface area contributed by atoms with Gasteiger partial charge in [0.05, 0.1) is 6.54 Å². The van der Waals surface area contributed by atoms with Crippen molar-refractivity contribution in [3.63, 3.8) is 0 Å². The fraction of sp³-hybridized carbons (Fsp3) is 0.875. The second kappa shape index (κ2) is 6.34. The highest BCUT2D eigenvalue weighted by Gasteiger charge is 2.42. The molecule has 21 heavy (non-hydrogen) atoms. The van der Waals surface area contributed by atoms with Crippen molar-refractivity contribution in [2.75, 3.05) is 26.2 Å². The van der Waals surface area contributed by atoms with E-state index in [1.807, 2.05) is 9.80 Å². The molecule has 120 valence electrons. The summed E-state index contributed by atoms with van der Waals surface area (Å²) in [5.41, 5.74) is -0.888. The maximum absolute atomic E-state index is 12.6. The van der Waals surface area contributed by atoms with Gasteiger partial charge >= 0.3 is 5.97 Å². The number of hydrogen-bond acceptors (Lipinski definition) is 3. The third kappa shape index (κ3) is 3.57. The van der Waals surface area contributed by atoms with E-state index in [1.165, 1.54) is 6.42 Å². The van der Waals surface area contributed by atoms with Crippen molar-refractivity contribution in [1.29, 1.82) is 0 Å². The van der Waals surface area contributed by atoms with E-state index in [0.29, 0.717) is 24.8 Å². The van der Waals surface area contributed by atoms with Gasteiger partial charge in [-0.15, -0.1) is 0 Å². The second-order valence-corrected chi connectivity index (χ2v) is 7.20. The van der Waals surface area contributed by atoms with Gasteiger partial charge in [-0.05, 0) is 51.0 Å². The second-order valence-electron chi connectivity index (χ2n) is 7.20. The number of likely N-dealkylation sites (tertiary alicyclic amines) is 2. The fourth-order valence-corrected chi connectivity index (χ4v) is 3.80. The van der Waals surface area contributed by atoms with Crippen LogP contribution in [0, 0.1) is 11.8 Å². The molecule has 2 aliphatic rings. The summed E-state index contributed by atoms with van der Waals surface area (Å²) in [5.74, 6) is 0.341. The molecule has 0 spiro atoms. The SMILES string of the molecule is CC1CC(C)CN(C(=O)CN2CCCCC2(C)C(=O)O)C1. The number of carboxylic acids is 1. The minimum absolute atomic E-state index is 0.0859. The lowest BCUT2D eigenvalue weighted by atomic mass is 9.88. The molecule has 2 heterocycles. The van der Waals surface area contributed by atoms with Crippen molar-refractivity contribution in [2.24, 2.45) is 11.8 Å². The van der Waals surface area contributed by atoms with Crippen LogP contribution in [-0.4, -0.2) is 58.5 Å². The average molecular weight is 296 g/mol. The Morgan fingerprint density at radius 2 is 1.81 bits per heavy atom. The highest BCUT2D eigenvalue weighted by Crippen LogP contribution is 2.28. The summed E-state index contributed by atoms with van der Waals surface area (Å²) < 4.78 is 0. The predicted molar refractivity (Wildman–Crippen MR) is 81.0 cm³/mol. The molecule has 5 nitrogen and oxygen atoms in total. The third-order valence-corrected chi connectivity index (χ3v) is 5.05. The van der Waals surface area contributed by atoms with E-state index in [2.05, 4.69) is 13.8 Å². The van der Waals surface area contributed by atoms with E-state index in [4.69, 9.17) is 0 Å². The number of nitrogens with zero attached hydrogens (tertiary/aromatic N) is 2. The lowest BCUT2D eigenvalue weighted by Crippen LogP contribution is -2.58. The van der Waals surface area contributed by atoms with Crippen molar-refractivity contribution >= 4 is 11.9 Å². The molecule has 0 bridgehead atoms. The molecule has 0 aromatic heterocycles. The Kier molecular flexibility index (Phi) is 4.91. The van der Waals surface area contributed by atoms with Gasteiger partial charge in [0.2, 0.25) is 5.91 Å². The number of carbonyl (C=O) groups excluding carboxylic acids is 1. The summed E-state index contributed by atoms with van der Waals surface area (Å²) >= 11 is 0. The zero-order chi connectivity index (χ0) is 15.6. The Hall–Kier alpha value is -1.10. The van der Waals surface area contributed by atoms with Crippen LogP contribution < -0.4 is 0 Å². The molecule has 2 aliphatic heterocycles. The van der Waals surface area contributed by atoms with Crippen LogP contribution >= 0.6 is 0 Å². The van der Waals surface area contributed by atoms with Gasteiger partial charge in [0.25, 0.3) is 0 Å². The van der Waals surface area contributed by atoms with Crippen molar-refractivity contribution in [3.8, 4) is 0 Å². The van der Waals surface area contributed by atoms with E-state index >= 15 is 0 Å². The zero-order valence-electron chi connectivity index (χ0n) is 13.5. The molecule has 0 radical (unpaired) electrons. The first-order chi connectivity index (χ1) is 9.83. The summed E-state index contributed by atoms with van der Waals surface area (Å²) in [6.45, 7) is 8.66. The van der Waals surface area contributed by atoms with Crippen LogP contribution in [0.2, 0.25) is 0 Å². The Morgan fingerprint density at radius 3 is 2.38 bits per heavy atom. The average Bonchev–Trinajstić information content (AvgIpc) is 2.40. The standard InChI is InChI=1S/C16H28N2O3/c1-12-8-13(2)10-17(9-12)14(19)11-18-7-5-4-6-16(18,3)15(20)21/h12-13H,4-11H2,1-3H3,(H,20,21). The van der Waals surface area contributed by atoms with E-state index in [0.717, 1.165) is 25.9 Å². The number of carboxylic acid groups (broad SMARTS) is 1. The van der Waals surface area contributed by atoms with E-state index in [-0.39, 0.29) is 12.5 Å². The van der Waals surface area contributed by atoms with Crippen LogP contribution in [0.5, 0.6) is 0 Å². The largest absolute Gasteiger partial charge is 0.480 e. The van der Waals surface area contributed by atoms with E-state index < -0.39 is 11.5 Å². The molecule has 0 aliphatic carbocycles. The quantitative estimate of drug-likeness (QED) is 0.863. The molecule has 0 saturated carbocycles. The molecule has 0 aromatic rings. The smallest absolute Gasteiger partial charge is 0.323 e. The van der Waals surface area contributed by atoms with Crippen molar-refractivity contribution in [1.82, 2.24) is 9.80 Å². The van der Waals surface area contributed by atoms with Crippen LogP contribution in [0.25, 0.3) is 0 Å². The van der Waals surface area contributed by atoms with Crippen LogP contribution in [0.1, 0.15) is 46.5 Å². The Labute approximate surface area is 127 Å². The molecule has 1 amide bonds. The normalized spacial score (nSPS) is 34.7. The lowest BCUT2D eigenvalue weighted by molar-refractivity contribution is -0.155. The molecule has 0 aromatic carbocycles. The highest BCUT2D eigenvalue weighted by atomic mass is 16.4. The number of rotatable bonds is 3. The maximum atomic E-state index is 12.6. The van der Waals surface area contributed by atoms with Crippen LogP contribution in [0.3, 0.4) is 0 Å². The fourth-order valence-electron chi connectivity index (χ4n) is 3.80. The number of hydrogen-bond donors (Lipinski definition) is 1. The molecule has 2 saturated heterocycles. The molecule has 3 atom stereocenters.